The number of aromatic nitrogens is 5. The maximum absolute atomic E-state index is 13.6. The molecule has 0 saturated carbocycles. The third kappa shape index (κ3) is 3.66. The number of nitrogens with zero attached hydrogens (tertiary/aromatic N) is 4. The van der Waals surface area contributed by atoms with Crippen LogP contribution in [0.25, 0.3) is 55.3 Å². The second-order valence-corrected chi connectivity index (χ2v) is 9.84. The summed E-state index contributed by atoms with van der Waals surface area (Å²) in [5, 5.41) is 7.02. The van der Waals surface area contributed by atoms with E-state index in [1.807, 2.05) is 79.9 Å². The summed E-state index contributed by atoms with van der Waals surface area (Å²) in [6.07, 6.45) is 3.44. The summed E-state index contributed by atoms with van der Waals surface area (Å²) in [5.74, 6) is 0. The zero-order chi connectivity index (χ0) is 26.7. The van der Waals surface area contributed by atoms with Gasteiger partial charge in [-0.05, 0) is 59.3 Å². The minimum Gasteiger partial charge on any atom is -0.306 e. The fourth-order valence-corrected chi connectivity index (χ4v) is 5.58. The van der Waals surface area contributed by atoms with Gasteiger partial charge in [-0.3, -0.25) is 4.79 Å². The molecule has 3 aromatic heterocycles. The zero-order valence-electron chi connectivity index (χ0n) is 20.7. The van der Waals surface area contributed by atoms with Gasteiger partial charge in [0.2, 0.25) is 0 Å². The van der Waals surface area contributed by atoms with Gasteiger partial charge in [0.25, 0.3) is 5.56 Å². The standard InChI is InChI=1S/C31H20ClN5O2/c1-18-14-21(16-36-29(18)33-17-34-36)23-9-5-10-25(32)28(23)20-12-13-24-26(15-20)35-31(39)37(30(24)38)27-11-4-7-19-6-2-3-8-22(19)27/h2-17H,1H3,(H,35,39). The van der Waals surface area contributed by atoms with Crippen molar-refractivity contribution in [1.29, 1.82) is 0 Å². The number of halogens is 1. The number of pyridine rings is 1. The highest BCUT2D eigenvalue weighted by molar-refractivity contribution is 6.34. The van der Waals surface area contributed by atoms with E-state index in [0.717, 1.165) is 44.2 Å². The average Bonchev–Trinajstić information content (AvgIpc) is 3.42. The molecule has 0 spiro atoms. The first-order chi connectivity index (χ1) is 19.0. The van der Waals surface area contributed by atoms with E-state index >= 15 is 0 Å². The molecule has 8 heteroatoms. The number of rotatable bonds is 3. The summed E-state index contributed by atoms with van der Waals surface area (Å²) in [6, 6.07) is 26.4. The van der Waals surface area contributed by atoms with Crippen molar-refractivity contribution >= 4 is 38.9 Å². The Morgan fingerprint density at radius 2 is 1.67 bits per heavy atom. The smallest absolute Gasteiger partial charge is 0.306 e. The second-order valence-electron chi connectivity index (χ2n) is 9.43. The molecule has 4 aromatic carbocycles. The van der Waals surface area contributed by atoms with Crippen LogP contribution in [0.1, 0.15) is 5.56 Å². The molecule has 0 aliphatic rings. The van der Waals surface area contributed by atoms with Gasteiger partial charge in [-0.15, -0.1) is 0 Å². The molecule has 0 aliphatic heterocycles. The minimum absolute atomic E-state index is 0.386. The van der Waals surface area contributed by atoms with Gasteiger partial charge in [0, 0.05) is 27.7 Å². The van der Waals surface area contributed by atoms with Crippen LogP contribution < -0.4 is 11.2 Å². The van der Waals surface area contributed by atoms with Crippen molar-refractivity contribution < 1.29 is 0 Å². The highest BCUT2D eigenvalue weighted by Crippen LogP contribution is 2.38. The molecule has 188 valence electrons. The number of nitrogens with one attached hydrogen (secondary N) is 1. The summed E-state index contributed by atoms with van der Waals surface area (Å²) in [4.78, 5) is 34.2. The average molecular weight is 530 g/mol. The third-order valence-corrected chi connectivity index (χ3v) is 7.39. The largest absolute Gasteiger partial charge is 0.333 e. The number of benzene rings is 4. The Kier molecular flexibility index (Phi) is 5.21. The molecule has 0 saturated heterocycles. The molecule has 0 amide bonds. The first-order valence-corrected chi connectivity index (χ1v) is 12.7. The predicted octanol–water partition coefficient (Wildman–Crippen LogP) is 6.17. The van der Waals surface area contributed by atoms with Crippen molar-refractivity contribution in [2.45, 2.75) is 6.92 Å². The Bertz CT molecular complexity index is 2210. The van der Waals surface area contributed by atoms with Gasteiger partial charge in [-0.25, -0.2) is 18.9 Å². The Morgan fingerprint density at radius 3 is 2.56 bits per heavy atom. The van der Waals surface area contributed by atoms with Crippen molar-refractivity contribution in [1.82, 2.24) is 24.1 Å². The molecule has 0 aliphatic carbocycles. The van der Waals surface area contributed by atoms with E-state index in [-0.39, 0.29) is 5.56 Å². The van der Waals surface area contributed by atoms with Crippen LogP contribution in [-0.2, 0) is 0 Å². The fraction of sp³-hybridized carbons (Fsp3) is 0.0323. The molecule has 3 heterocycles. The molecule has 0 atom stereocenters. The number of hydrogen-bond acceptors (Lipinski definition) is 4. The van der Waals surface area contributed by atoms with E-state index in [1.54, 1.807) is 22.7 Å². The molecule has 0 radical (unpaired) electrons. The van der Waals surface area contributed by atoms with Crippen molar-refractivity contribution in [3.05, 3.63) is 129 Å². The topological polar surface area (TPSA) is 85.0 Å². The summed E-state index contributed by atoms with van der Waals surface area (Å²) in [5.41, 5.74) is 5.23. The number of H-pyrrole nitrogens is 1. The molecule has 7 aromatic rings. The van der Waals surface area contributed by atoms with Gasteiger partial charge < -0.3 is 4.98 Å². The maximum Gasteiger partial charge on any atom is 0.333 e. The Morgan fingerprint density at radius 1 is 0.846 bits per heavy atom. The molecule has 7 rings (SSSR count). The van der Waals surface area contributed by atoms with Crippen LogP contribution in [0.2, 0.25) is 5.02 Å². The molecule has 1 N–H and O–H groups in total. The monoisotopic (exact) mass is 529 g/mol. The minimum atomic E-state index is -0.507. The van der Waals surface area contributed by atoms with Gasteiger partial charge in [0.05, 0.1) is 16.6 Å². The lowest BCUT2D eigenvalue weighted by molar-refractivity contribution is 0.908. The molecule has 0 unspecified atom stereocenters. The molecule has 0 bridgehead atoms. The van der Waals surface area contributed by atoms with Gasteiger partial charge in [0.1, 0.15) is 6.33 Å². The quantitative estimate of drug-likeness (QED) is 0.296. The van der Waals surface area contributed by atoms with E-state index in [0.29, 0.717) is 21.6 Å². The Labute approximate surface area is 226 Å². The summed E-state index contributed by atoms with van der Waals surface area (Å²) < 4.78 is 2.93. The normalized spacial score (nSPS) is 11.5. The van der Waals surface area contributed by atoms with Crippen molar-refractivity contribution in [3.63, 3.8) is 0 Å². The lowest BCUT2D eigenvalue weighted by Crippen LogP contribution is -2.33. The van der Waals surface area contributed by atoms with Crippen LogP contribution in [0.3, 0.4) is 0 Å². The second kappa shape index (κ2) is 8.79. The van der Waals surface area contributed by atoms with Crippen LogP contribution >= 0.6 is 11.6 Å². The molecule has 39 heavy (non-hydrogen) atoms. The fourth-order valence-electron chi connectivity index (χ4n) is 5.29. The van der Waals surface area contributed by atoms with Crippen LogP contribution in [0.15, 0.2) is 107 Å². The maximum atomic E-state index is 13.6. The Balaban J connectivity index is 1.43. The highest BCUT2D eigenvalue weighted by atomic mass is 35.5. The van der Waals surface area contributed by atoms with Crippen molar-refractivity contribution in [2.75, 3.05) is 0 Å². The third-order valence-electron chi connectivity index (χ3n) is 7.08. The van der Waals surface area contributed by atoms with Crippen LogP contribution in [-0.4, -0.2) is 24.1 Å². The highest BCUT2D eigenvalue weighted by Gasteiger charge is 2.17. The van der Waals surface area contributed by atoms with Crippen molar-refractivity contribution in [3.8, 4) is 27.9 Å². The Hall–Kier alpha value is -5.01. The molecular formula is C31H20ClN5O2. The summed E-state index contributed by atoms with van der Waals surface area (Å²) in [7, 11) is 0. The van der Waals surface area contributed by atoms with E-state index in [1.165, 1.54) is 10.9 Å². The van der Waals surface area contributed by atoms with Crippen LogP contribution in [0, 0.1) is 6.92 Å². The lowest BCUT2D eigenvalue weighted by Gasteiger charge is -2.14. The number of fused-ring (bicyclic) bond motifs is 3. The molecular weight excluding hydrogens is 510 g/mol. The summed E-state index contributed by atoms with van der Waals surface area (Å²) >= 11 is 6.75. The zero-order valence-corrected chi connectivity index (χ0v) is 21.5. The van der Waals surface area contributed by atoms with Crippen LogP contribution in [0.5, 0.6) is 0 Å². The molecule has 7 nitrogen and oxygen atoms in total. The van der Waals surface area contributed by atoms with Gasteiger partial charge in [-0.2, -0.15) is 5.10 Å². The summed E-state index contributed by atoms with van der Waals surface area (Å²) in [6.45, 7) is 1.99. The van der Waals surface area contributed by atoms with Gasteiger partial charge in [0.15, 0.2) is 5.65 Å². The first-order valence-electron chi connectivity index (χ1n) is 12.4. The predicted molar refractivity (Wildman–Crippen MR) is 155 cm³/mol. The van der Waals surface area contributed by atoms with E-state index in [4.69, 9.17) is 11.6 Å². The number of hydrogen-bond donors (Lipinski definition) is 1. The molecule has 0 fully saturated rings. The van der Waals surface area contributed by atoms with E-state index in [9.17, 15) is 9.59 Å². The van der Waals surface area contributed by atoms with Crippen molar-refractivity contribution in [2.24, 2.45) is 0 Å². The van der Waals surface area contributed by atoms with Crippen LogP contribution in [0.4, 0.5) is 0 Å². The number of aromatic amines is 1. The van der Waals surface area contributed by atoms with Gasteiger partial charge in [-0.1, -0.05) is 66.2 Å². The lowest BCUT2D eigenvalue weighted by atomic mass is 9.94. The van der Waals surface area contributed by atoms with Gasteiger partial charge >= 0.3 is 5.69 Å². The number of aryl methyl sites for hydroxylation is 1. The SMILES string of the molecule is Cc1cc(-c2cccc(Cl)c2-c2ccc3c(=O)n(-c4cccc5ccccc45)c(=O)[nH]c3c2)cn2ncnc12. The van der Waals surface area contributed by atoms with E-state index in [2.05, 4.69) is 15.1 Å². The van der Waals surface area contributed by atoms with E-state index < -0.39 is 5.69 Å². The first kappa shape index (κ1) is 23.1.